The lowest BCUT2D eigenvalue weighted by atomic mass is 9.90. The number of aromatic hydroxyl groups is 1. The number of fused-ring (bicyclic) bond motifs is 2. The third kappa shape index (κ3) is 19.0. The predicted octanol–water partition coefficient (Wildman–Crippen LogP) is 7.87. The number of phenolic OH excluding ortho intramolecular Hbond substituents is 1. The Morgan fingerprint density at radius 3 is 1.52 bits per heavy atom. The Bertz CT molecular complexity index is 5930. The Morgan fingerprint density at radius 1 is 0.517 bits per heavy atom. The summed E-state index contributed by atoms with van der Waals surface area (Å²) in [4.78, 5) is 156. The molecule has 1 atom stereocenters. The Balaban J connectivity index is 0.536. The van der Waals surface area contributed by atoms with Gasteiger partial charge in [-0.3, -0.25) is 47.9 Å². The van der Waals surface area contributed by atoms with Crippen molar-refractivity contribution in [2.75, 3.05) is 82.3 Å². The summed E-state index contributed by atoms with van der Waals surface area (Å²) in [5.74, 6) is -6.05. The quantitative estimate of drug-likeness (QED) is 0.0116. The molecule has 36 nitrogen and oxygen atoms in total. The number of carbonyl (C=O) groups is 10. The summed E-state index contributed by atoms with van der Waals surface area (Å²) in [7, 11) is 13.2. The van der Waals surface area contributed by atoms with E-state index in [0.717, 1.165) is 0 Å². The van der Waals surface area contributed by atoms with Gasteiger partial charge < -0.3 is 116 Å². The lowest BCUT2D eigenvalue weighted by Crippen LogP contribution is -2.39. The molecule has 0 fully saturated rings. The van der Waals surface area contributed by atoms with Gasteiger partial charge in [-0.15, -0.1) is 11.3 Å². The van der Waals surface area contributed by atoms with Crippen LogP contribution >= 0.6 is 35.2 Å². The Hall–Kier alpha value is -14.0. The van der Waals surface area contributed by atoms with Crippen LogP contribution in [0.15, 0.2) is 149 Å². The van der Waals surface area contributed by atoms with E-state index < -0.39 is 59.3 Å². The molecule has 12 rings (SSSR count). The molecule has 15 N–H and O–H groups in total. The monoisotopic (exact) mass is 1630 g/mol. The highest BCUT2D eigenvalue weighted by Gasteiger charge is 2.28. The van der Waals surface area contributed by atoms with E-state index in [9.17, 15) is 63.0 Å². The van der Waals surface area contributed by atoms with E-state index in [1.807, 2.05) is 7.05 Å². The summed E-state index contributed by atoms with van der Waals surface area (Å²) in [5.41, 5.74) is 10.5. The molecule has 0 radical (unpaired) electrons. The lowest BCUT2D eigenvalue weighted by Gasteiger charge is -2.18. The van der Waals surface area contributed by atoms with E-state index in [4.69, 9.17) is 34.0 Å². The van der Waals surface area contributed by atoms with Gasteiger partial charge >= 0.3 is 5.97 Å². The Labute approximate surface area is 674 Å². The molecule has 9 heterocycles. The van der Waals surface area contributed by atoms with E-state index in [2.05, 4.69) is 73.4 Å². The standard InChI is InChI=1S/C77H79ClN22O14S2/c1-93(23-10-20-82-77(115)88-40-11-14-48(51(25-40)76(112)113)63-49-15-12-46(101)31-59(49)114-60-32-47(102)13-16-50(60)63)22-9-19-80-68(104)54-26-42(34-94(54)2)84-70(106)56-30-45(37-96(56)4)87-75(111)66-90-62(39-100(66)8)92-71(107)57-27-41(33-97(57)5)83-67(103)53(79)17-21-81-74(110)65-89-61(38-99(65)7)91-72(108)58-28-43(35-98(58)6)85-69(105)55-29-44(36-95(55)3)86-73(109)64-52(78)18-24-116-64/h11-16,18,24-39,53,101H,9-10,17,19-23,79H2,1-8H3,(H,80,104)(H,81,110)(H,83,103)(H,84,106)(H,85,105)(H,86,109)(H,87,111)(H,91,108)(H,92,107)(H,112,113)(H2,82,88,115)/t53-/m1/s1. The number of imidazole rings is 2. The molecule has 600 valence electrons. The van der Waals surface area contributed by atoms with Crippen LogP contribution in [0, 0.1) is 0 Å². The van der Waals surface area contributed by atoms with Crippen molar-refractivity contribution in [1.82, 2.24) is 62.8 Å². The molecule has 10 aromatic rings. The molecule has 0 bridgehead atoms. The minimum Gasteiger partial charge on any atom is -0.508 e. The molecule has 0 unspecified atom stereocenters. The van der Waals surface area contributed by atoms with Crippen molar-refractivity contribution in [3.63, 3.8) is 0 Å². The SMILES string of the molecule is CN(CCCNC(=O)c1cc(NC(=O)c2cc(NC(=O)c3nc(NC(=O)c4cc(NC(=O)[C@H](N)CCNC(=O)c5nc(NC(=O)c6cc(NC(=O)c7cc(NC(=O)c8sccc8Cl)cn7C)cn6C)cn5C)cn4C)cn3C)cn2C)cn1C)CCCNC(=S)Nc1ccc(-c2c3ccc(=O)cc-3oc3cc(O)ccc23)c(C(=O)O)c1. The molecule has 0 spiro atoms. The molecule has 9 amide bonds. The van der Waals surface area contributed by atoms with Crippen molar-refractivity contribution in [2.24, 2.45) is 55.1 Å². The number of carboxylic acids is 1. The topological polar surface area (TPSA) is 463 Å². The summed E-state index contributed by atoms with van der Waals surface area (Å²) < 4.78 is 16.3. The number of anilines is 8. The molecular weight excluding hydrogens is 1560 g/mol. The Kier molecular flexibility index (Phi) is 24.6. The fraction of sp³-hybridized carbons (Fsp3) is 0.221. The van der Waals surface area contributed by atoms with Crippen molar-refractivity contribution in [3.05, 3.63) is 206 Å². The zero-order valence-electron chi connectivity index (χ0n) is 63.6. The zero-order chi connectivity index (χ0) is 83.1. The summed E-state index contributed by atoms with van der Waals surface area (Å²) in [6.45, 7) is 2.18. The second-order valence-electron chi connectivity index (χ2n) is 27.2. The average molecular weight is 1640 g/mol. The van der Waals surface area contributed by atoms with Gasteiger partial charge in [0.25, 0.3) is 47.3 Å². The van der Waals surface area contributed by atoms with E-state index in [0.29, 0.717) is 99.4 Å². The molecule has 1 aliphatic carbocycles. The number of benzene rings is 3. The smallest absolute Gasteiger partial charge is 0.336 e. The van der Waals surface area contributed by atoms with E-state index in [-0.39, 0.29) is 110 Å². The molecule has 1 aliphatic heterocycles. The minimum absolute atomic E-state index is 0.00966. The predicted molar refractivity (Wildman–Crippen MR) is 441 cm³/mol. The fourth-order valence-corrected chi connectivity index (χ4v) is 14.0. The number of carbonyl (C=O) groups excluding carboxylic acids is 9. The van der Waals surface area contributed by atoms with Crippen molar-refractivity contribution in [1.29, 1.82) is 0 Å². The van der Waals surface area contributed by atoms with Crippen LogP contribution in [0.1, 0.15) is 113 Å². The number of nitrogens with two attached hydrogens (primary N) is 1. The first kappa shape index (κ1) is 81.5. The lowest BCUT2D eigenvalue weighted by molar-refractivity contribution is -0.117. The summed E-state index contributed by atoms with van der Waals surface area (Å²) >= 11 is 12.8. The summed E-state index contributed by atoms with van der Waals surface area (Å²) in [6, 6.07) is 21.5. The van der Waals surface area contributed by atoms with Gasteiger partial charge in [-0.05, 0) is 135 Å². The number of aromatic nitrogens is 9. The number of aryl methyl sites for hydroxylation is 7. The molecule has 2 aromatic carbocycles. The highest BCUT2D eigenvalue weighted by molar-refractivity contribution is 7.80. The number of amides is 9. The molecule has 0 saturated carbocycles. The first-order chi connectivity index (χ1) is 55.3. The number of thiophene rings is 1. The van der Waals surface area contributed by atoms with Crippen LogP contribution in [-0.2, 0) is 54.1 Å². The van der Waals surface area contributed by atoms with Crippen LogP contribution in [-0.4, -0.2) is 167 Å². The minimum atomic E-state index is -1.19. The highest BCUT2D eigenvalue weighted by atomic mass is 35.5. The third-order valence-electron chi connectivity index (χ3n) is 18.5. The molecule has 0 saturated heterocycles. The first-order valence-electron chi connectivity index (χ1n) is 35.7. The van der Waals surface area contributed by atoms with Gasteiger partial charge in [0.2, 0.25) is 17.6 Å². The maximum Gasteiger partial charge on any atom is 0.336 e. The number of nitrogens with one attached hydrogen (secondary N) is 11. The molecule has 116 heavy (non-hydrogen) atoms. The van der Waals surface area contributed by atoms with E-state index in [1.54, 1.807) is 108 Å². The van der Waals surface area contributed by atoms with Crippen molar-refractivity contribution in [2.45, 2.75) is 25.3 Å². The van der Waals surface area contributed by atoms with Gasteiger partial charge in [0, 0.05) is 147 Å². The van der Waals surface area contributed by atoms with Crippen LogP contribution in [0.5, 0.6) is 5.75 Å². The van der Waals surface area contributed by atoms with Gasteiger partial charge in [0.05, 0.1) is 45.1 Å². The number of nitrogens with zero attached hydrogens (tertiary/aromatic N) is 10. The number of aromatic carboxylic acids is 1. The van der Waals surface area contributed by atoms with Crippen molar-refractivity contribution < 1.29 is 62.6 Å². The van der Waals surface area contributed by atoms with Gasteiger partial charge in [-0.2, -0.15) is 0 Å². The zero-order valence-corrected chi connectivity index (χ0v) is 65.9. The normalized spacial score (nSPS) is 11.5. The number of thiocarbonyl (C=S) groups is 1. The molecular formula is C77H79ClN22O14S2. The van der Waals surface area contributed by atoms with Crippen molar-refractivity contribution >= 4 is 156 Å². The highest BCUT2D eigenvalue weighted by Crippen LogP contribution is 2.43. The maximum atomic E-state index is 13.6. The van der Waals surface area contributed by atoms with E-state index in [1.165, 1.54) is 124 Å². The first-order valence-corrected chi connectivity index (χ1v) is 37.4. The second kappa shape index (κ2) is 35.0. The van der Waals surface area contributed by atoms with E-state index >= 15 is 0 Å². The maximum absolute atomic E-state index is 13.6. The van der Waals surface area contributed by atoms with Crippen LogP contribution in [0.25, 0.3) is 33.4 Å². The fourth-order valence-electron chi connectivity index (χ4n) is 12.8. The molecule has 8 aromatic heterocycles. The molecule has 2 aliphatic rings. The number of hydrogen-bond donors (Lipinski definition) is 14. The number of carboxylic acid groups (broad SMARTS) is 1. The van der Waals surface area contributed by atoms with Crippen LogP contribution in [0.3, 0.4) is 0 Å². The van der Waals surface area contributed by atoms with Crippen molar-refractivity contribution in [3.8, 4) is 28.2 Å². The van der Waals surface area contributed by atoms with Gasteiger partial charge in [-0.25, -0.2) is 14.8 Å². The van der Waals surface area contributed by atoms with Gasteiger partial charge in [-0.1, -0.05) is 17.7 Å². The summed E-state index contributed by atoms with van der Waals surface area (Å²) in [6.07, 6.45) is 11.9. The van der Waals surface area contributed by atoms with Crippen LogP contribution < -0.4 is 69.6 Å². The van der Waals surface area contributed by atoms with Gasteiger partial charge in [0.1, 0.15) is 50.4 Å². The van der Waals surface area contributed by atoms with Gasteiger partial charge in [0.15, 0.2) is 22.2 Å². The third-order valence-corrected chi connectivity index (χ3v) is 20.1. The number of hydrogen-bond acceptors (Lipinski definition) is 19. The van der Waals surface area contributed by atoms with Crippen LogP contribution in [0.2, 0.25) is 5.02 Å². The molecule has 39 heteroatoms. The Morgan fingerprint density at radius 2 is 0.991 bits per heavy atom. The largest absolute Gasteiger partial charge is 0.508 e. The number of halogens is 1. The number of phenols is 1. The van der Waals surface area contributed by atoms with Crippen LogP contribution in [0.4, 0.5) is 45.8 Å². The number of rotatable bonds is 30. The summed E-state index contributed by atoms with van der Waals surface area (Å²) in [5, 5.41) is 54.2. The second-order valence-corrected chi connectivity index (χ2v) is 29.0. The average Bonchev–Trinajstić information content (AvgIpc) is 1.72.